The van der Waals surface area contributed by atoms with E-state index in [1.807, 2.05) is 0 Å². The molecule has 2 N–H and O–H groups in total. The van der Waals surface area contributed by atoms with Crippen molar-refractivity contribution in [3.63, 3.8) is 0 Å². The van der Waals surface area contributed by atoms with Crippen molar-refractivity contribution >= 4 is 23.5 Å². The number of nitrogens with one attached hydrogen (secondary N) is 2. The molecule has 0 spiro atoms. The molecule has 0 bridgehead atoms. The maximum atomic E-state index is 12.9. The van der Waals surface area contributed by atoms with Crippen molar-refractivity contribution < 1.29 is 23.5 Å². The Morgan fingerprint density at radius 3 is 2.21 bits per heavy atom. The molecule has 2 amide bonds. The van der Waals surface area contributed by atoms with E-state index in [2.05, 4.69) is 10.6 Å². The van der Waals surface area contributed by atoms with Crippen molar-refractivity contribution in [1.29, 1.82) is 0 Å². The lowest BCUT2D eigenvalue weighted by Gasteiger charge is -2.14. The second kappa shape index (κ2) is 10.2. The first-order valence-corrected chi connectivity index (χ1v) is 8.91. The van der Waals surface area contributed by atoms with Gasteiger partial charge in [0.05, 0.1) is 6.42 Å². The third-order valence-electron chi connectivity index (χ3n) is 3.93. The van der Waals surface area contributed by atoms with Gasteiger partial charge in [0.2, 0.25) is 5.91 Å². The first kappa shape index (κ1) is 21.1. The van der Waals surface area contributed by atoms with Crippen LogP contribution in [0.2, 0.25) is 0 Å². The van der Waals surface area contributed by atoms with Crippen molar-refractivity contribution in [2.75, 3.05) is 11.9 Å². The van der Waals surface area contributed by atoms with Gasteiger partial charge in [0.15, 0.2) is 6.10 Å². The molecule has 7 heteroatoms. The molecule has 0 saturated heterocycles. The molecule has 0 saturated carbocycles. The standard InChI is InChI=1S/C21H23FN2O4/c1-14(21(27)23-12-11-16-3-7-18(22)8-4-16)28-20(26)13-17-5-9-19(10-6-17)24-15(2)25/h3-10,14H,11-13H2,1-2H3,(H,23,27)(H,24,25)/t14-/m1/s1. The van der Waals surface area contributed by atoms with Crippen LogP contribution in [0.5, 0.6) is 0 Å². The molecule has 6 nitrogen and oxygen atoms in total. The summed E-state index contributed by atoms with van der Waals surface area (Å²) in [6, 6.07) is 12.8. The third-order valence-corrected chi connectivity index (χ3v) is 3.93. The fourth-order valence-electron chi connectivity index (χ4n) is 2.49. The number of hydrogen-bond donors (Lipinski definition) is 2. The van der Waals surface area contributed by atoms with Gasteiger partial charge in [-0.15, -0.1) is 0 Å². The van der Waals surface area contributed by atoms with E-state index in [1.54, 1.807) is 36.4 Å². The number of benzene rings is 2. The molecule has 0 aromatic heterocycles. The van der Waals surface area contributed by atoms with Gasteiger partial charge in [0.1, 0.15) is 5.82 Å². The molecule has 148 valence electrons. The van der Waals surface area contributed by atoms with E-state index in [0.29, 0.717) is 24.2 Å². The van der Waals surface area contributed by atoms with E-state index in [1.165, 1.54) is 26.0 Å². The van der Waals surface area contributed by atoms with E-state index in [9.17, 15) is 18.8 Å². The second-order valence-corrected chi connectivity index (χ2v) is 6.35. The van der Waals surface area contributed by atoms with Gasteiger partial charge < -0.3 is 15.4 Å². The first-order chi connectivity index (χ1) is 13.3. The van der Waals surface area contributed by atoms with Crippen LogP contribution in [-0.2, 0) is 32.0 Å². The number of halogens is 1. The number of anilines is 1. The van der Waals surface area contributed by atoms with Crippen LogP contribution in [0.15, 0.2) is 48.5 Å². The van der Waals surface area contributed by atoms with Crippen LogP contribution in [0, 0.1) is 5.82 Å². The molecule has 2 aromatic rings. The van der Waals surface area contributed by atoms with E-state index >= 15 is 0 Å². The van der Waals surface area contributed by atoms with Gasteiger partial charge in [-0.05, 0) is 48.7 Å². The number of carbonyl (C=O) groups excluding carboxylic acids is 3. The summed E-state index contributed by atoms with van der Waals surface area (Å²) in [4.78, 5) is 35.0. The largest absolute Gasteiger partial charge is 0.452 e. The van der Waals surface area contributed by atoms with Crippen LogP contribution >= 0.6 is 0 Å². The molecule has 0 heterocycles. The fourth-order valence-corrected chi connectivity index (χ4v) is 2.49. The summed E-state index contributed by atoms with van der Waals surface area (Å²) in [7, 11) is 0. The average Bonchev–Trinajstić information content (AvgIpc) is 2.64. The van der Waals surface area contributed by atoms with E-state index in [-0.39, 0.29) is 18.1 Å². The van der Waals surface area contributed by atoms with Gasteiger partial charge in [0.25, 0.3) is 5.91 Å². The highest BCUT2D eigenvalue weighted by molar-refractivity contribution is 5.88. The zero-order valence-electron chi connectivity index (χ0n) is 15.8. The summed E-state index contributed by atoms with van der Waals surface area (Å²) in [5, 5.41) is 5.33. The predicted octanol–water partition coefficient (Wildman–Crippen LogP) is 2.62. The van der Waals surface area contributed by atoms with E-state index in [4.69, 9.17) is 4.74 Å². The van der Waals surface area contributed by atoms with Crippen LogP contribution in [0.3, 0.4) is 0 Å². The maximum absolute atomic E-state index is 12.9. The summed E-state index contributed by atoms with van der Waals surface area (Å²) >= 11 is 0. The molecule has 2 aromatic carbocycles. The van der Waals surface area contributed by atoms with Crippen LogP contribution in [0.4, 0.5) is 10.1 Å². The smallest absolute Gasteiger partial charge is 0.311 e. The third kappa shape index (κ3) is 7.19. The zero-order valence-corrected chi connectivity index (χ0v) is 15.8. The Labute approximate surface area is 163 Å². The minimum atomic E-state index is -0.917. The van der Waals surface area contributed by atoms with Crippen molar-refractivity contribution in [2.45, 2.75) is 32.8 Å². The summed E-state index contributed by atoms with van der Waals surface area (Å²) in [5.41, 5.74) is 2.25. The quantitative estimate of drug-likeness (QED) is 0.683. The van der Waals surface area contributed by atoms with Crippen molar-refractivity contribution in [2.24, 2.45) is 0 Å². The Morgan fingerprint density at radius 1 is 1.00 bits per heavy atom. The molecule has 1 atom stereocenters. The summed E-state index contributed by atoms with van der Waals surface area (Å²) in [6.45, 7) is 3.28. The second-order valence-electron chi connectivity index (χ2n) is 6.35. The number of ether oxygens (including phenoxy) is 1. The lowest BCUT2D eigenvalue weighted by atomic mass is 10.1. The predicted molar refractivity (Wildman–Crippen MR) is 103 cm³/mol. The molecule has 0 aliphatic carbocycles. The Kier molecular flexibility index (Phi) is 7.68. The molecule has 0 fully saturated rings. The Bertz CT molecular complexity index is 819. The highest BCUT2D eigenvalue weighted by Gasteiger charge is 2.17. The number of hydrogen-bond acceptors (Lipinski definition) is 4. The van der Waals surface area contributed by atoms with Crippen LogP contribution in [-0.4, -0.2) is 30.4 Å². The molecular formula is C21H23FN2O4. The van der Waals surface area contributed by atoms with E-state index < -0.39 is 18.0 Å². The van der Waals surface area contributed by atoms with Crippen LogP contribution in [0.25, 0.3) is 0 Å². The molecule has 0 aliphatic heterocycles. The van der Waals surface area contributed by atoms with Crippen molar-refractivity contribution in [1.82, 2.24) is 5.32 Å². The van der Waals surface area contributed by atoms with Gasteiger partial charge in [-0.3, -0.25) is 14.4 Å². The van der Waals surface area contributed by atoms with Crippen LogP contribution in [0.1, 0.15) is 25.0 Å². The zero-order chi connectivity index (χ0) is 20.5. The molecule has 0 radical (unpaired) electrons. The summed E-state index contributed by atoms with van der Waals surface area (Å²) in [6.07, 6.45) is -0.347. The molecule has 0 aliphatic rings. The molecule has 28 heavy (non-hydrogen) atoms. The number of rotatable bonds is 8. The molecular weight excluding hydrogens is 363 g/mol. The monoisotopic (exact) mass is 386 g/mol. The average molecular weight is 386 g/mol. The fraction of sp³-hybridized carbons (Fsp3) is 0.286. The minimum absolute atomic E-state index is 0.0214. The van der Waals surface area contributed by atoms with Crippen molar-refractivity contribution in [3.8, 4) is 0 Å². The van der Waals surface area contributed by atoms with Gasteiger partial charge in [-0.1, -0.05) is 24.3 Å². The topological polar surface area (TPSA) is 84.5 Å². The Morgan fingerprint density at radius 2 is 1.61 bits per heavy atom. The minimum Gasteiger partial charge on any atom is -0.452 e. The number of esters is 1. The highest BCUT2D eigenvalue weighted by atomic mass is 19.1. The van der Waals surface area contributed by atoms with Gasteiger partial charge in [-0.2, -0.15) is 0 Å². The summed E-state index contributed by atoms with van der Waals surface area (Å²) in [5.74, 6) is -1.39. The number of amides is 2. The lowest BCUT2D eigenvalue weighted by molar-refractivity contribution is -0.154. The van der Waals surface area contributed by atoms with Gasteiger partial charge >= 0.3 is 5.97 Å². The Balaban J connectivity index is 1.73. The maximum Gasteiger partial charge on any atom is 0.311 e. The Hall–Kier alpha value is -3.22. The number of carbonyl (C=O) groups is 3. The van der Waals surface area contributed by atoms with Gasteiger partial charge in [0, 0.05) is 19.2 Å². The van der Waals surface area contributed by atoms with Crippen molar-refractivity contribution in [3.05, 3.63) is 65.5 Å². The highest BCUT2D eigenvalue weighted by Crippen LogP contribution is 2.11. The van der Waals surface area contributed by atoms with Gasteiger partial charge in [-0.25, -0.2) is 4.39 Å². The summed E-state index contributed by atoms with van der Waals surface area (Å²) < 4.78 is 18.0. The first-order valence-electron chi connectivity index (χ1n) is 8.91. The normalized spacial score (nSPS) is 11.4. The van der Waals surface area contributed by atoms with E-state index in [0.717, 1.165) is 5.56 Å². The SMILES string of the molecule is CC(=O)Nc1ccc(CC(=O)O[C@H](C)C(=O)NCCc2ccc(F)cc2)cc1. The molecule has 0 unspecified atom stereocenters. The lowest BCUT2D eigenvalue weighted by Crippen LogP contribution is -2.37. The van der Waals surface area contributed by atoms with Crippen LogP contribution < -0.4 is 10.6 Å². The molecule has 2 rings (SSSR count).